The molecule has 4 nitrogen and oxygen atoms in total. The molecule has 0 aromatic heterocycles. The van der Waals surface area contributed by atoms with E-state index in [-0.39, 0.29) is 6.09 Å². The van der Waals surface area contributed by atoms with Crippen LogP contribution in [-0.4, -0.2) is 40.4 Å². The Balaban J connectivity index is 2.47. The summed E-state index contributed by atoms with van der Waals surface area (Å²) >= 11 is 0. The smallest absolute Gasteiger partial charge is 0.410 e. The number of allylic oxidation sites excluding steroid dienone is 1. The van der Waals surface area contributed by atoms with Crippen LogP contribution in [-0.2, 0) is 4.74 Å². The Kier molecular flexibility index (Phi) is 3.33. The van der Waals surface area contributed by atoms with Crippen LogP contribution in [0.1, 0.15) is 34.6 Å². The second-order valence-electron chi connectivity index (χ2n) is 5.66. The minimum Gasteiger partial charge on any atom is -0.444 e. The Morgan fingerprint density at radius 1 is 1.38 bits per heavy atom. The van der Waals surface area contributed by atoms with Crippen molar-refractivity contribution in [2.24, 2.45) is 0 Å². The van der Waals surface area contributed by atoms with E-state index in [2.05, 4.69) is 0 Å². The normalized spacial score (nSPS) is 18.8. The van der Waals surface area contributed by atoms with E-state index in [9.17, 15) is 9.90 Å². The zero-order valence-corrected chi connectivity index (χ0v) is 10.7. The molecule has 92 valence electrons. The summed E-state index contributed by atoms with van der Waals surface area (Å²) in [7, 11) is 0. The topological polar surface area (TPSA) is 49.8 Å². The first-order valence-electron chi connectivity index (χ1n) is 5.48. The van der Waals surface area contributed by atoms with Gasteiger partial charge in [-0.3, -0.25) is 0 Å². The van der Waals surface area contributed by atoms with Crippen LogP contribution in [0.3, 0.4) is 0 Å². The van der Waals surface area contributed by atoms with Gasteiger partial charge in [-0.1, -0.05) is 11.6 Å². The van der Waals surface area contributed by atoms with Crippen LogP contribution in [0.4, 0.5) is 4.79 Å². The fraction of sp³-hybridized carbons (Fsp3) is 0.750. The number of rotatable bonds is 1. The highest BCUT2D eigenvalue weighted by atomic mass is 16.6. The van der Waals surface area contributed by atoms with E-state index < -0.39 is 11.2 Å². The third-order valence-electron chi connectivity index (χ3n) is 2.14. The van der Waals surface area contributed by atoms with Crippen molar-refractivity contribution in [3.05, 3.63) is 11.6 Å². The number of likely N-dealkylation sites (tertiary alicyclic amines) is 1. The second-order valence-corrected chi connectivity index (χ2v) is 5.66. The number of nitrogens with zero attached hydrogens (tertiary/aromatic N) is 1. The van der Waals surface area contributed by atoms with Crippen LogP contribution < -0.4 is 0 Å². The first-order chi connectivity index (χ1) is 7.11. The predicted octanol–water partition coefficient (Wildman–Crippen LogP) is 1.93. The summed E-state index contributed by atoms with van der Waals surface area (Å²) in [5.74, 6) is 0. The van der Waals surface area contributed by atoms with Crippen LogP contribution in [0.5, 0.6) is 0 Å². The van der Waals surface area contributed by atoms with Crippen molar-refractivity contribution in [2.45, 2.75) is 45.8 Å². The van der Waals surface area contributed by atoms with E-state index in [1.54, 1.807) is 6.08 Å². The molecule has 1 aliphatic rings. The lowest BCUT2D eigenvalue weighted by Crippen LogP contribution is -2.63. The molecular formula is C12H21NO3. The van der Waals surface area contributed by atoms with E-state index in [0.717, 1.165) is 5.57 Å². The van der Waals surface area contributed by atoms with Crippen LogP contribution in [0.25, 0.3) is 0 Å². The number of hydrogen-bond donors (Lipinski definition) is 1. The number of carbonyl (C=O) groups excluding carboxylic acids is 1. The van der Waals surface area contributed by atoms with Gasteiger partial charge in [-0.25, -0.2) is 4.79 Å². The van der Waals surface area contributed by atoms with Gasteiger partial charge >= 0.3 is 6.09 Å². The molecule has 0 spiro atoms. The summed E-state index contributed by atoms with van der Waals surface area (Å²) in [5, 5.41) is 9.97. The summed E-state index contributed by atoms with van der Waals surface area (Å²) in [6, 6.07) is 0. The van der Waals surface area contributed by atoms with Crippen molar-refractivity contribution in [3.8, 4) is 0 Å². The SMILES string of the molecule is CC(C)=CC1(O)CN(C(=O)OC(C)(C)C)C1. The number of carbonyl (C=O) groups is 1. The van der Waals surface area contributed by atoms with Crippen LogP contribution in [0.2, 0.25) is 0 Å². The molecule has 4 heteroatoms. The molecule has 1 saturated heterocycles. The van der Waals surface area contributed by atoms with Crippen molar-refractivity contribution < 1.29 is 14.6 Å². The maximum atomic E-state index is 11.6. The fourth-order valence-corrected chi connectivity index (χ4v) is 1.70. The standard InChI is InChI=1S/C12H21NO3/c1-9(2)6-12(15)7-13(8-12)10(14)16-11(3,4)5/h6,15H,7-8H2,1-5H3. The highest BCUT2D eigenvalue weighted by Crippen LogP contribution is 2.25. The van der Waals surface area contributed by atoms with E-state index in [1.165, 1.54) is 4.90 Å². The Hall–Kier alpha value is -1.03. The van der Waals surface area contributed by atoms with Gasteiger partial charge in [-0.15, -0.1) is 0 Å². The van der Waals surface area contributed by atoms with Gasteiger partial charge in [0.05, 0.1) is 13.1 Å². The maximum absolute atomic E-state index is 11.6. The lowest BCUT2D eigenvalue weighted by Gasteiger charge is -2.44. The molecule has 1 amide bonds. The summed E-state index contributed by atoms with van der Waals surface area (Å²) in [6.07, 6.45) is 1.42. The minimum atomic E-state index is -0.865. The van der Waals surface area contributed by atoms with E-state index in [1.807, 2.05) is 34.6 Å². The molecule has 1 heterocycles. The number of β-amino-alcohol motifs (C(OH)–C–C–N with tert-alkyl or cyclic N) is 1. The number of aliphatic hydroxyl groups is 1. The molecule has 1 N–H and O–H groups in total. The largest absolute Gasteiger partial charge is 0.444 e. The van der Waals surface area contributed by atoms with Gasteiger partial charge in [0, 0.05) is 0 Å². The monoisotopic (exact) mass is 227 g/mol. The van der Waals surface area contributed by atoms with Gasteiger partial charge < -0.3 is 14.7 Å². The van der Waals surface area contributed by atoms with Crippen molar-refractivity contribution in [2.75, 3.05) is 13.1 Å². The van der Waals surface area contributed by atoms with Gasteiger partial charge in [-0.05, 0) is 34.6 Å². The van der Waals surface area contributed by atoms with Gasteiger partial charge in [0.1, 0.15) is 11.2 Å². The van der Waals surface area contributed by atoms with Gasteiger partial charge in [0.2, 0.25) is 0 Å². The third kappa shape index (κ3) is 3.52. The quantitative estimate of drug-likeness (QED) is 0.696. The molecule has 16 heavy (non-hydrogen) atoms. The summed E-state index contributed by atoms with van der Waals surface area (Å²) < 4.78 is 5.20. The molecule has 0 radical (unpaired) electrons. The van der Waals surface area contributed by atoms with Crippen molar-refractivity contribution >= 4 is 6.09 Å². The highest BCUT2D eigenvalue weighted by molar-refractivity contribution is 5.70. The summed E-state index contributed by atoms with van der Waals surface area (Å²) in [5.41, 5.74) is -0.303. The molecule has 1 aliphatic heterocycles. The lowest BCUT2D eigenvalue weighted by molar-refractivity contribution is -0.0695. The molecule has 0 saturated carbocycles. The average Bonchev–Trinajstić information content (AvgIpc) is 1.94. The number of hydrogen-bond acceptors (Lipinski definition) is 3. The third-order valence-corrected chi connectivity index (χ3v) is 2.14. The van der Waals surface area contributed by atoms with Gasteiger partial charge in [-0.2, -0.15) is 0 Å². The Morgan fingerprint density at radius 3 is 2.25 bits per heavy atom. The zero-order valence-electron chi connectivity index (χ0n) is 10.7. The molecule has 0 unspecified atom stereocenters. The molecule has 0 aliphatic carbocycles. The average molecular weight is 227 g/mol. The van der Waals surface area contributed by atoms with Crippen LogP contribution in [0.15, 0.2) is 11.6 Å². The van der Waals surface area contributed by atoms with Crippen LogP contribution >= 0.6 is 0 Å². The first-order valence-corrected chi connectivity index (χ1v) is 5.48. The molecule has 0 aromatic rings. The number of ether oxygens (including phenoxy) is 1. The van der Waals surface area contributed by atoms with Crippen molar-refractivity contribution in [3.63, 3.8) is 0 Å². The first kappa shape index (κ1) is 13.0. The van der Waals surface area contributed by atoms with Crippen molar-refractivity contribution in [1.29, 1.82) is 0 Å². The van der Waals surface area contributed by atoms with Gasteiger partial charge in [0.15, 0.2) is 0 Å². The lowest BCUT2D eigenvalue weighted by atomic mass is 9.92. The van der Waals surface area contributed by atoms with Crippen LogP contribution in [0, 0.1) is 0 Å². The Bertz CT molecular complexity index is 305. The molecular weight excluding hydrogens is 206 g/mol. The van der Waals surface area contributed by atoms with E-state index in [4.69, 9.17) is 4.74 Å². The fourth-order valence-electron chi connectivity index (χ4n) is 1.70. The summed E-state index contributed by atoms with van der Waals surface area (Å²) in [6.45, 7) is 9.95. The maximum Gasteiger partial charge on any atom is 0.410 e. The molecule has 0 atom stereocenters. The van der Waals surface area contributed by atoms with Gasteiger partial charge in [0.25, 0.3) is 0 Å². The van der Waals surface area contributed by atoms with Crippen molar-refractivity contribution in [1.82, 2.24) is 4.90 Å². The van der Waals surface area contributed by atoms with E-state index >= 15 is 0 Å². The minimum absolute atomic E-state index is 0.313. The second kappa shape index (κ2) is 4.09. The Morgan fingerprint density at radius 2 is 1.88 bits per heavy atom. The number of amides is 1. The highest BCUT2D eigenvalue weighted by Gasteiger charge is 2.43. The molecule has 0 aromatic carbocycles. The zero-order chi connectivity index (χ0) is 12.6. The summed E-state index contributed by atoms with van der Waals surface area (Å²) in [4.78, 5) is 13.1. The molecule has 1 fully saturated rings. The van der Waals surface area contributed by atoms with E-state index in [0.29, 0.717) is 13.1 Å². The molecule has 1 rings (SSSR count). The molecule has 0 bridgehead atoms. The predicted molar refractivity (Wildman–Crippen MR) is 62.2 cm³/mol. The Labute approximate surface area is 96.9 Å².